The van der Waals surface area contributed by atoms with E-state index >= 15 is 0 Å². The molecule has 2 aromatic rings. The summed E-state index contributed by atoms with van der Waals surface area (Å²) < 4.78 is 0. The van der Waals surface area contributed by atoms with Crippen molar-refractivity contribution < 1.29 is 0 Å². The maximum absolute atomic E-state index is 7.91. The Bertz CT molecular complexity index is 859. The standard InChI is InChI=1S/C20H19N3.ClH/c1-13-10-14(2-9-20(13)23)11-16-5-8-18(22)12-19(16)15-3-6-17(21)7-4-15;/h2-12,22H,21,23H2,1H3;1H. The molecule has 0 fully saturated rings. The SMILES string of the molecule is Cc1cc(C=C2C=CC(=N)C=C2c2ccc(N)cc2)ccc1N.Cl. The first kappa shape index (κ1) is 17.6. The van der Waals surface area contributed by atoms with Crippen LogP contribution in [-0.4, -0.2) is 5.71 Å². The first-order valence-electron chi connectivity index (χ1n) is 7.45. The second-order valence-corrected chi connectivity index (χ2v) is 5.68. The molecule has 4 heteroatoms. The Morgan fingerprint density at radius 3 is 2.33 bits per heavy atom. The molecule has 0 spiro atoms. The average molecular weight is 338 g/mol. The molecule has 0 radical (unpaired) electrons. The van der Waals surface area contributed by atoms with Crippen molar-refractivity contribution in [3.05, 3.63) is 83.0 Å². The highest BCUT2D eigenvalue weighted by Gasteiger charge is 2.11. The number of rotatable bonds is 2. The lowest BCUT2D eigenvalue weighted by Crippen LogP contribution is -1.99. The summed E-state index contributed by atoms with van der Waals surface area (Å²) in [4.78, 5) is 0. The van der Waals surface area contributed by atoms with Gasteiger partial charge in [0.15, 0.2) is 0 Å². The lowest BCUT2D eigenvalue weighted by Gasteiger charge is -2.14. The lowest BCUT2D eigenvalue weighted by atomic mass is 9.91. The van der Waals surface area contributed by atoms with Gasteiger partial charge in [-0.2, -0.15) is 0 Å². The molecule has 3 nitrogen and oxygen atoms in total. The third-order valence-corrected chi connectivity index (χ3v) is 3.89. The van der Waals surface area contributed by atoms with E-state index in [2.05, 4.69) is 12.1 Å². The van der Waals surface area contributed by atoms with Crippen molar-refractivity contribution in [2.75, 3.05) is 11.5 Å². The van der Waals surface area contributed by atoms with Gasteiger partial charge in [-0.05, 0) is 77.3 Å². The van der Waals surface area contributed by atoms with Crippen LogP contribution in [0.5, 0.6) is 0 Å². The predicted octanol–water partition coefficient (Wildman–Crippen LogP) is 4.64. The van der Waals surface area contributed by atoms with E-state index in [0.717, 1.165) is 39.2 Å². The Morgan fingerprint density at radius 2 is 1.67 bits per heavy atom. The fraction of sp³-hybridized carbons (Fsp3) is 0.0500. The highest BCUT2D eigenvalue weighted by Crippen LogP contribution is 2.30. The highest BCUT2D eigenvalue weighted by atomic mass is 35.5. The molecule has 1 aliphatic rings. The van der Waals surface area contributed by atoms with Crippen LogP contribution in [-0.2, 0) is 0 Å². The monoisotopic (exact) mass is 337 g/mol. The maximum Gasteiger partial charge on any atom is 0.0546 e. The van der Waals surface area contributed by atoms with Gasteiger partial charge in [0.05, 0.1) is 5.71 Å². The quantitative estimate of drug-likeness (QED) is 0.698. The van der Waals surface area contributed by atoms with Crippen molar-refractivity contribution in [2.24, 2.45) is 0 Å². The van der Waals surface area contributed by atoms with Gasteiger partial charge in [-0.3, -0.25) is 0 Å². The number of anilines is 2. The van der Waals surface area contributed by atoms with Crippen LogP contribution in [0.25, 0.3) is 11.6 Å². The summed E-state index contributed by atoms with van der Waals surface area (Å²) in [5.74, 6) is 0. The van der Waals surface area contributed by atoms with Crippen molar-refractivity contribution in [1.82, 2.24) is 0 Å². The normalized spacial score (nSPS) is 15.1. The molecule has 0 saturated heterocycles. The Hall–Kier alpha value is -2.78. The minimum absolute atomic E-state index is 0. The van der Waals surface area contributed by atoms with Crippen LogP contribution in [0.1, 0.15) is 16.7 Å². The number of benzene rings is 2. The van der Waals surface area contributed by atoms with Gasteiger partial charge in [-0.25, -0.2) is 0 Å². The number of nitrogens with two attached hydrogens (primary N) is 2. The Balaban J connectivity index is 0.00000208. The zero-order valence-electron chi connectivity index (χ0n) is 13.4. The molecular formula is C20H20ClN3. The van der Waals surface area contributed by atoms with Crippen LogP contribution in [0.3, 0.4) is 0 Å². The van der Waals surface area contributed by atoms with Gasteiger partial charge < -0.3 is 16.9 Å². The number of hydrogen-bond acceptors (Lipinski definition) is 3. The summed E-state index contributed by atoms with van der Waals surface area (Å²) in [6.07, 6.45) is 7.76. The van der Waals surface area contributed by atoms with E-state index in [1.54, 1.807) is 6.08 Å². The Morgan fingerprint density at radius 1 is 0.958 bits per heavy atom. The molecule has 0 heterocycles. The number of allylic oxidation sites excluding steroid dienone is 5. The number of nitrogen functional groups attached to an aromatic ring is 2. The first-order valence-corrected chi connectivity index (χ1v) is 7.45. The molecule has 122 valence electrons. The molecule has 2 aromatic carbocycles. The zero-order valence-corrected chi connectivity index (χ0v) is 14.2. The summed E-state index contributed by atoms with van der Waals surface area (Å²) in [5, 5.41) is 7.91. The largest absolute Gasteiger partial charge is 0.399 e. The maximum atomic E-state index is 7.91. The molecule has 5 N–H and O–H groups in total. The molecule has 24 heavy (non-hydrogen) atoms. The molecule has 0 bridgehead atoms. The van der Waals surface area contributed by atoms with Crippen LogP contribution in [0.2, 0.25) is 0 Å². The Kier molecular flexibility index (Phi) is 5.27. The molecule has 0 atom stereocenters. The van der Waals surface area contributed by atoms with Gasteiger partial charge in [0.2, 0.25) is 0 Å². The number of hydrogen-bond donors (Lipinski definition) is 3. The predicted molar refractivity (Wildman–Crippen MR) is 107 cm³/mol. The summed E-state index contributed by atoms with van der Waals surface area (Å²) in [6.45, 7) is 2.00. The van der Waals surface area contributed by atoms with E-state index in [0.29, 0.717) is 5.71 Å². The third-order valence-electron chi connectivity index (χ3n) is 3.89. The summed E-state index contributed by atoms with van der Waals surface area (Å²) >= 11 is 0. The van der Waals surface area contributed by atoms with Crippen LogP contribution in [0, 0.1) is 12.3 Å². The first-order chi connectivity index (χ1) is 11.0. The molecule has 0 amide bonds. The minimum Gasteiger partial charge on any atom is -0.399 e. The number of halogens is 1. The van der Waals surface area contributed by atoms with Gasteiger partial charge >= 0.3 is 0 Å². The van der Waals surface area contributed by atoms with E-state index in [1.807, 2.05) is 55.5 Å². The topological polar surface area (TPSA) is 75.9 Å². The van der Waals surface area contributed by atoms with E-state index < -0.39 is 0 Å². The smallest absolute Gasteiger partial charge is 0.0546 e. The number of aryl methyl sites for hydroxylation is 1. The van der Waals surface area contributed by atoms with Crippen molar-refractivity contribution >= 4 is 41.1 Å². The van der Waals surface area contributed by atoms with Gasteiger partial charge in [-0.1, -0.05) is 24.3 Å². The fourth-order valence-electron chi connectivity index (χ4n) is 2.56. The Labute approximate surface area is 148 Å². The average Bonchev–Trinajstić information content (AvgIpc) is 2.53. The van der Waals surface area contributed by atoms with Crippen LogP contribution < -0.4 is 11.5 Å². The van der Waals surface area contributed by atoms with Gasteiger partial charge in [0, 0.05) is 11.4 Å². The highest BCUT2D eigenvalue weighted by molar-refractivity contribution is 6.12. The van der Waals surface area contributed by atoms with E-state index in [9.17, 15) is 0 Å². The van der Waals surface area contributed by atoms with Crippen LogP contribution in [0.4, 0.5) is 11.4 Å². The molecule has 3 rings (SSSR count). The molecule has 0 aliphatic heterocycles. The summed E-state index contributed by atoms with van der Waals surface area (Å²) in [7, 11) is 0. The van der Waals surface area contributed by atoms with Crippen molar-refractivity contribution in [3.63, 3.8) is 0 Å². The van der Waals surface area contributed by atoms with Crippen molar-refractivity contribution in [2.45, 2.75) is 6.92 Å². The summed E-state index contributed by atoms with van der Waals surface area (Å²) in [6, 6.07) is 13.7. The lowest BCUT2D eigenvalue weighted by molar-refractivity contribution is 1.45. The van der Waals surface area contributed by atoms with Crippen molar-refractivity contribution in [3.8, 4) is 0 Å². The molecular weight excluding hydrogens is 318 g/mol. The second kappa shape index (κ2) is 7.20. The third kappa shape index (κ3) is 3.76. The van der Waals surface area contributed by atoms with E-state index in [4.69, 9.17) is 16.9 Å². The minimum atomic E-state index is 0. The fourth-order valence-corrected chi connectivity index (χ4v) is 2.56. The molecule has 1 aliphatic carbocycles. The van der Waals surface area contributed by atoms with Crippen LogP contribution >= 0.6 is 12.4 Å². The zero-order chi connectivity index (χ0) is 16.4. The summed E-state index contributed by atoms with van der Waals surface area (Å²) in [5.41, 5.74) is 19.0. The molecule has 0 unspecified atom stereocenters. The molecule has 0 aromatic heterocycles. The van der Waals surface area contributed by atoms with E-state index in [-0.39, 0.29) is 12.4 Å². The molecule has 0 saturated carbocycles. The van der Waals surface area contributed by atoms with Gasteiger partial charge in [-0.15, -0.1) is 12.4 Å². The van der Waals surface area contributed by atoms with Crippen LogP contribution in [0.15, 0.2) is 66.3 Å². The van der Waals surface area contributed by atoms with Crippen molar-refractivity contribution in [1.29, 1.82) is 5.41 Å². The number of nitrogens with one attached hydrogen (secondary N) is 1. The van der Waals surface area contributed by atoms with Gasteiger partial charge in [0.25, 0.3) is 0 Å². The van der Waals surface area contributed by atoms with Gasteiger partial charge in [0.1, 0.15) is 0 Å². The second-order valence-electron chi connectivity index (χ2n) is 5.68. The van der Waals surface area contributed by atoms with E-state index in [1.165, 1.54) is 0 Å².